The quantitative estimate of drug-likeness (QED) is 0.473. The van der Waals surface area contributed by atoms with Crippen molar-refractivity contribution in [3.63, 3.8) is 0 Å². The van der Waals surface area contributed by atoms with Crippen molar-refractivity contribution in [2.45, 2.75) is 25.9 Å². The molecule has 0 saturated heterocycles. The second kappa shape index (κ2) is 5.34. The van der Waals surface area contributed by atoms with E-state index in [0.29, 0.717) is 23.3 Å². The average Bonchev–Trinajstić information content (AvgIpc) is 2.67. The monoisotopic (exact) mass is 266 g/mol. The molecule has 18 heavy (non-hydrogen) atoms. The lowest BCUT2D eigenvalue weighted by Gasteiger charge is -1.98. The van der Waals surface area contributed by atoms with Gasteiger partial charge in [0, 0.05) is 24.1 Å². The standard InChI is InChI=1S/C11H14N4O2S/c1-7-6-8(2)15-10(12-7)13-11(14-15)18-5-4-17-9(3)16/h6H,4-5H2,1-3H3. The van der Waals surface area contributed by atoms with Gasteiger partial charge in [-0.2, -0.15) is 4.98 Å². The first kappa shape index (κ1) is 12.8. The van der Waals surface area contributed by atoms with Crippen LogP contribution in [0.5, 0.6) is 0 Å². The Morgan fingerprint density at radius 2 is 2.22 bits per heavy atom. The van der Waals surface area contributed by atoms with Crippen molar-refractivity contribution in [1.29, 1.82) is 0 Å². The molecule has 2 rings (SSSR count). The zero-order chi connectivity index (χ0) is 13.1. The van der Waals surface area contributed by atoms with E-state index >= 15 is 0 Å². The van der Waals surface area contributed by atoms with Crippen LogP contribution in [0.3, 0.4) is 0 Å². The molecular weight excluding hydrogens is 252 g/mol. The first-order chi connectivity index (χ1) is 8.56. The third-order valence-corrected chi connectivity index (χ3v) is 3.02. The van der Waals surface area contributed by atoms with Crippen LogP contribution in [0.15, 0.2) is 11.2 Å². The third kappa shape index (κ3) is 2.98. The van der Waals surface area contributed by atoms with Gasteiger partial charge in [0.25, 0.3) is 5.78 Å². The van der Waals surface area contributed by atoms with Crippen LogP contribution in [-0.4, -0.2) is 37.9 Å². The lowest BCUT2D eigenvalue weighted by molar-refractivity contribution is -0.140. The predicted octanol–water partition coefficient (Wildman–Crippen LogP) is 1.40. The van der Waals surface area contributed by atoms with E-state index in [1.165, 1.54) is 18.7 Å². The van der Waals surface area contributed by atoms with Crippen molar-refractivity contribution in [2.75, 3.05) is 12.4 Å². The zero-order valence-corrected chi connectivity index (χ0v) is 11.3. The van der Waals surface area contributed by atoms with E-state index in [0.717, 1.165) is 11.4 Å². The molecule has 0 unspecified atom stereocenters. The maximum absolute atomic E-state index is 10.6. The summed E-state index contributed by atoms with van der Waals surface area (Å²) in [7, 11) is 0. The number of nitrogens with zero attached hydrogens (tertiary/aromatic N) is 4. The molecule has 2 aromatic rings. The van der Waals surface area contributed by atoms with Gasteiger partial charge in [0.1, 0.15) is 6.61 Å². The third-order valence-electron chi connectivity index (χ3n) is 2.22. The molecule has 0 aromatic carbocycles. The number of fused-ring (bicyclic) bond motifs is 1. The lowest BCUT2D eigenvalue weighted by Crippen LogP contribution is -2.02. The molecule has 0 aliphatic heterocycles. The van der Waals surface area contributed by atoms with Gasteiger partial charge in [-0.25, -0.2) is 9.50 Å². The fraction of sp³-hybridized carbons (Fsp3) is 0.455. The minimum atomic E-state index is -0.272. The Morgan fingerprint density at radius 1 is 1.44 bits per heavy atom. The molecule has 0 atom stereocenters. The molecule has 96 valence electrons. The molecule has 0 amide bonds. The molecule has 0 fully saturated rings. The zero-order valence-electron chi connectivity index (χ0n) is 10.5. The highest BCUT2D eigenvalue weighted by Crippen LogP contribution is 2.14. The Kier molecular flexibility index (Phi) is 3.81. The number of carbonyl (C=O) groups is 1. The summed E-state index contributed by atoms with van der Waals surface area (Å²) in [5.41, 5.74) is 1.92. The second-order valence-electron chi connectivity index (χ2n) is 3.83. The summed E-state index contributed by atoms with van der Waals surface area (Å²) in [6.07, 6.45) is 0. The van der Waals surface area contributed by atoms with Gasteiger partial charge in [-0.1, -0.05) is 11.8 Å². The van der Waals surface area contributed by atoms with Gasteiger partial charge in [-0.15, -0.1) is 5.10 Å². The number of rotatable bonds is 4. The molecule has 2 aromatic heterocycles. The number of esters is 1. The van der Waals surface area contributed by atoms with E-state index in [4.69, 9.17) is 4.74 Å². The van der Waals surface area contributed by atoms with Crippen molar-refractivity contribution in [3.05, 3.63) is 17.5 Å². The van der Waals surface area contributed by atoms with Crippen molar-refractivity contribution < 1.29 is 9.53 Å². The lowest BCUT2D eigenvalue weighted by atomic mass is 10.4. The van der Waals surface area contributed by atoms with Gasteiger partial charge in [-0.05, 0) is 19.9 Å². The largest absolute Gasteiger partial charge is 0.465 e. The molecule has 2 heterocycles. The molecule has 0 spiro atoms. The number of carbonyl (C=O) groups excluding carboxylic acids is 1. The molecule has 0 aliphatic rings. The Bertz CT molecular complexity index is 582. The topological polar surface area (TPSA) is 69.4 Å². The van der Waals surface area contributed by atoms with Crippen LogP contribution in [0.1, 0.15) is 18.3 Å². The summed E-state index contributed by atoms with van der Waals surface area (Å²) >= 11 is 1.44. The highest BCUT2D eigenvalue weighted by Gasteiger charge is 2.08. The fourth-order valence-corrected chi connectivity index (χ4v) is 2.16. The first-order valence-corrected chi connectivity index (χ1v) is 6.52. The van der Waals surface area contributed by atoms with Crippen LogP contribution >= 0.6 is 11.8 Å². The van der Waals surface area contributed by atoms with Crippen LogP contribution in [0.25, 0.3) is 5.78 Å². The molecule has 7 heteroatoms. The van der Waals surface area contributed by atoms with Crippen LogP contribution in [-0.2, 0) is 9.53 Å². The number of hydrogen-bond donors (Lipinski definition) is 0. The van der Waals surface area contributed by atoms with Crippen LogP contribution in [0, 0.1) is 13.8 Å². The molecular formula is C11H14N4O2S. The smallest absolute Gasteiger partial charge is 0.302 e. The highest BCUT2D eigenvalue weighted by atomic mass is 32.2. The van der Waals surface area contributed by atoms with Gasteiger partial charge < -0.3 is 4.74 Å². The molecule has 0 N–H and O–H groups in total. The normalized spacial score (nSPS) is 10.8. The number of hydrogen-bond acceptors (Lipinski definition) is 6. The van der Waals surface area contributed by atoms with E-state index < -0.39 is 0 Å². The number of aromatic nitrogens is 4. The summed E-state index contributed by atoms with van der Waals surface area (Å²) < 4.78 is 6.55. The summed E-state index contributed by atoms with van der Waals surface area (Å²) in [6.45, 7) is 5.64. The average molecular weight is 266 g/mol. The molecule has 0 aliphatic carbocycles. The van der Waals surface area contributed by atoms with Crippen molar-refractivity contribution in [3.8, 4) is 0 Å². The van der Waals surface area contributed by atoms with Crippen molar-refractivity contribution >= 4 is 23.5 Å². The van der Waals surface area contributed by atoms with Gasteiger partial charge in [0.2, 0.25) is 5.16 Å². The van der Waals surface area contributed by atoms with Crippen molar-refractivity contribution in [1.82, 2.24) is 19.6 Å². The summed E-state index contributed by atoms with van der Waals surface area (Å²) in [5, 5.41) is 4.98. The van der Waals surface area contributed by atoms with E-state index in [-0.39, 0.29) is 5.97 Å². The summed E-state index contributed by atoms with van der Waals surface area (Å²) in [6, 6.07) is 1.95. The van der Waals surface area contributed by atoms with Gasteiger partial charge in [0.15, 0.2) is 0 Å². The molecule has 0 radical (unpaired) electrons. The molecule has 0 bridgehead atoms. The van der Waals surface area contributed by atoms with Gasteiger partial charge >= 0.3 is 5.97 Å². The maximum Gasteiger partial charge on any atom is 0.302 e. The summed E-state index contributed by atoms with van der Waals surface area (Å²) in [4.78, 5) is 19.2. The minimum Gasteiger partial charge on any atom is -0.465 e. The number of aryl methyl sites for hydroxylation is 2. The Balaban J connectivity index is 2.06. The van der Waals surface area contributed by atoms with Crippen LogP contribution in [0.4, 0.5) is 0 Å². The molecule has 6 nitrogen and oxygen atoms in total. The number of thioether (sulfide) groups is 1. The predicted molar refractivity (Wildman–Crippen MR) is 67.6 cm³/mol. The Labute approximate surface area is 109 Å². The SMILES string of the molecule is CC(=O)OCCSc1nc2nc(C)cc(C)n2n1. The molecule has 0 saturated carbocycles. The fourth-order valence-electron chi connectivity index (χ4n) is 1.53. The maximum atomic E-state index is 10.6. The Morgan fingerprint density at radius 3 is 2.94 bits per heavy atom. The van der Waals surface area contributed by atoms with Crippen molar-refractivity contribution in [2.24, 2.45) is 0 Å². The van der Waals surface area contributed by atoms with Gasteiger partial charge in [-0.3, -0.25) is 4.79 Å². The first-order valence-electron chi connectivity index (χ1n) is 5.53. The van der Waals surface area contributed by atoms with E-state index in [2.05, 4.69) is 15.1 Å². The van der Waals surface area contributed by atoms with Crippen LogP contribution in [0.2, 0.25) is 0 Å². The highest BCUT2D eigenvalue weighted by molar-refractivity contribution is 7.99. The Hall–Kier alpha value is -1.63. The van der Waals surface area contributed by atoms with E-state index in [9.17, 15) is 4.79 Å². The van der Waals surface area contributed by atoms with Gasteiger partial charge in [0.05, 0.1) is 0 Å². The summed E-state index contributed by atoms with van der Waals surface area (Å²) in [5.74, 6) is 0.961. The van der Waals surface area contributed by atoms with E-state index in [1.54, 1.807) is 4.52 Å². The number of ether oxygens (including phenoxy) is 1. The minimum absolute atomic E-state index is 0.272. The van der Waals surface area contributed by atoms with E-state index in [1.807, 2.05) is 19.9 Å². The second-order valence-corrected chi connectivity index (χ2v) is 4.90. The van der Waals surface area contributed by atoms with Crippen LogP contribution < -0.4 is 0 Å².